The van der Waals surface area contributed by atoms with Crippen molar-refractivity contribution in [2.24, 2.45) is 0 Å². The van der Waals surface area contributed by atoms with Gasteiger partial charge in [-0.25, -0.2) is 0 Å². The van der Waals surface area contributed by atoms with Gasteiger partial charge in [0.05, 0.1) is 11.1 Å². The Bertz CT molecular complexity index is 647. The third-order valence-corrected chi connectivity index (χ3v) is 3.00. The fourth-order valence-electron chi connectivity index (χ4n) is 1.87. The molecule has 104 valence electrons. The van der Waals surface area contributed by atoms with Crippen LogP contribution in [-0.2, 0) is 0 Å². The third kappa shape index (κ3) is 2.69. The lowest BCUT2D eigenvalue weighted by Gasteiger charge is -2.07. The van der Waals surface area contributed by atoms with Crippen LogP contribution in [0.5, 0.6) is 0 Å². The number of hydrazine groups is 1. The number of hydrogen-bond acceptors (Lipinski definition) is 4. The predicted octanol–water partition coefficient (Wildman–Crippen LogP) is 1.67. The lowest BCUT2D eigenvalue weighted by atomic mass is 10.1. The molecule has 0 atom stereocenters. The Morgan fingerprint density at radius 1 is 1.10 bits per heavy atom. The number of carbonyl (C=O) groups excluding carboxylic acids is 2. The average Bonchev–Trinajstić information content (AvgIpc) is 2.70. The molecule has 2 aromatic heterocycles. The second kappa shape index (κ2) is 5.56. The molecule has 0 saturated heterocycles. The van der Waals surface area contributed by atoms with Crippen LogP contribution in [0.15, 0.2) is 28.9 Å². The van der Waals surface area contributed by atoms with Crippen LogP contribution in [0, 0.1) is 20.8 Å². The Kier molecular flexibility index (Phi) is 3.84. The minimum atomic E-state index is -0.429. The summed E-state index contributed by atoms with van der Waals surface area (Å²) in [6, 6.07) is 3.25. The summed E-state index contributed by atoms with van der Waals surface area (Å²) in [5.74, 6) is 0.371. The van der Waals surface area contributed by atoms with Crippen molar-refractivity contribution in [1.82, 2.24) is 15.8 Å². The van der Waals surface area contributed by atoms with Crippen LogP contribution < -0.4 is 10.9 Å². The number of nitrogens with zero attached hydrogens (tertiary/aromatic N) is 1. The standard InChI is InChI=1S/C14H15N3O3/c1-8-9(2)20-10(3)12(8)14(19)17-16-13(18)11-5-4-6-15-7-11/h4-7H,1-3H3,(H,16,18)(H,17,19). The molecule has 2 rings (SSSR count). The van der Waals surface area contributed by atoms with Gasteiger partial charge in [0.25, 0.3) is 11.8 Å². The van der Waals surface area contributed by atoms with E-state index in [1.54, 1.807) is 39.1 Å². The highest BCUT2D eigenvalue weighted by Crippen LogP contribution is 2.20. The summed E-state index contributed by atoms with van der Waals surface area (Å²) in [5, 5.41) is 0. The molecule has 0 bridgehead atoms. The van der Waals surface area contributed by atoms with E-state index in [-0.39, 0.29) is 0 Å². The maximum absolute atomic E-state index is 12.0. The molecule has 0 aliphatic carbocycles. The van der Waals surface area contributed by atoms with E-state index < -0.39 is 11.8 Å². The van der Waals surface area contributed by atoms with E-state index in [4.69, 9.17) is 4.42 Å². The lowest BCUT2D eigenvalue weighted by molar-refractivity contribution is 0.0845. The Morgan fingerprint density at radius 3 is 2.35 bits per heavy atom. The molecule has 2 heterocycles. The monoisotopic (exact) mass is 273 g/mol. The smallest absolute Gasteiger partial charge is 0.273 e. The predicted molar refractivity (Wildman–Crippen MR) is 72.1 cm³/mol. The van der Waals surface area contributed by atoms with Gasteiger partial charge in [-0.15, -0.1) is 0 Å². The van der Waals surface area contributed by atoms with Gasteiger partial charge in [0.2, 0.25) is 0 Å². The molecule has 6 heteroatoms. The number of aromatic nitrogens is 1. The number of amides is 2. The van der Waals surface area contributed by atoms with Crippen molar-refractivity contribution in [3.8, 4) is 0 Å². The van der Waals surface area contributed by atoms with Gasteiger partial charge >= 0.3 is 0 Å². The molecule has 0 radical (unpaired) electrons. The van der Waals surface area contributed by atoms with Gasteiger partial charge < -0.3 is 4.42 Å². The van der Waals surface area contributed by atoms with Crippen LogP contribution in [0.2, 0.25) is 0 Å². The van der Waals surface area contributed by atoms with Gasteiger partial charge in [-0.05, 0) is 32.9 Å². The summed E-state index contributed by atoms with van der Waals surface area (Å²) >= 11 is 0. The van der Waals surface area contributed by atoms with E-state index in [2.05, 4.69) is 15.8 Å². The van der Waals surface area contributed by atoms with E-state index in [1.807, 2.05) is 0 Å². The molecule has 2 amide bonds. The van der Waals surface area contributed by atoms with Crippen molar-refractivity contribution in [3.63, 3.8) is 0 Å². The van der Waals surface area contributed by atoms with Crippen LogP contribution in [0.4, 0.5) is 0 Å². The molecule has 0 aromatic carbocycles. The Balaban J connectivity index is 2.04. The molecule has 0 aliphatic rings. The number of furan rings is 1. The largest absolute Gasteiger partial charge is 0.466 e. The number of nitrogens with one attached hydrogen (secondary N) is 2. The fourth-order valence-corrected chi connectivity index (χ4v) is 1.87. The molecule has 2 N–H and O–H groups in total. The zero-order valence-electron chi connectivity index (χ0n) is 11.5. The number of rotatable bonds is 2. The first kappa shape index (κ1) is 13.8. The molecule has 0 fully saturated rings. The van der Waals surface area contributed by atoms with Crippen molar-refractivity contribution >= 4 is 11.8 Å². The molecular weight excluding hydrogens is 258 g/mol. The first-order chi connectivity index (χ1) is 9.50. The van der Waals surface area contributed by atoms with E-state index in [1.165, 1.54) is 6.20 Å². The van der Waals surface area contributed by atoms with Crippen molar-refractivity contribution in [2.45, 2.75) is 20.8 Å². The van der Waals surface area contributed by atoms with Crippen LogP contribution in [-0.4, -0.2) is 16.8 Å². The third-order valence-electron chi connectivity index (χ3n) is 3.00. The highest BCUT2D eigenvalue weighted by molar-refractivity contribution is 6.00. The van der Waals surface area contributed by atoms with Crippen LogP contribution in [0.3, 0.4) is 0 Å². The zero-order chi connectivity index (χ0) is 14.7. The van der Waals surface area contributed by atoms with E-state index in [9.17, 15) is 9.59 Å². The molecule has 0 unspecified atom stereocenters. The number of pyridine rings is 1. The van der Waals surface area contributed by atoms with Crippen LogP contribution in [0.1, 0.15) is 37.8 Å². The average molecular weight is 273 g/mol. The van der Waals surface area contributed by atoms with Gasteiger partial charge in [0.1, 0.15) is 11.5 Å². The highest BCUT2D eigenvalue weighted by atomic mass is 16.3. The molecule has 0 saturated carbocycles. The summed E-state index contributed by atoms with van der Waals surface area (Å²) in [4.78, 5) is 27.6. The van der Waals surface area contributed by atoms with Crippen LogP contribution >= 0.6 is 0 Å². The lowest BCUT2D eigenvalue weighted by Crippen LogP contribution is -2.42. The minimum Gasteiger partial charge on any atom is -0.466 e. The summed E-state index contributed by atoms with van der Waals surface area (Å²) in [6.45, 7) is 5.29. The number of aryl methyl sites for hydroxylation is 2. The Labute approximate surface area is 116 Å². The first-order valence-electron chi connectivity index (χ1n) is 6.08. The Hall–Kier alpha value is -2.63. The first-order valence-corrected chi connectivity index (χ1v) is 6.08. The van der Waals surface area contributed by atoms with E-state index in [0.29, 0.717) is 22.6 Å². The molecule has 20 heavy (non-hydrogen) atoms. The second-order valence-electron chi connectivity index (χ2n) is 4.36. The van der Waals surface area contributed by atoms with Gasteiger partial charge in [-0.2, -0.15) is 0 Å². The van der Waals surface area contributed by atoms with Crippen molar-refractivity contribution < 1.29 is 14.0 Å². The van der Waals surface area contributed by atoms with Crippen molar-refractivity contribution in [3.05, 3.63) is 52.7 Å². The van der Waals surface area contributed by atoms with Gasteiger partial charge in [0, 0.05) is 18.0 Å². The maximum Gasteiger partial charge on any atom is 0.273 e. The van der Waals surface area contributed by atoms with Crippen molar-refractivity contribution in [2.75, 3.05) is 0 Å². The van der Waals surface area contributed by atoms with E-state index >= 15 is 0 Å². The number of carbonyl (C=O) groups is 2. The summed E-state index contributed by atoms with van der Waals surface area (Å²) < 4.78 is 5.37. The second-order valence-corrected chi connectivity index (χ2v) is 4.36. The molecular formula is C14H15N3O3. The van der Waals surface area contributed by atoms with Gasteiger partial charge in [0.15, 0.2) is 0 Å². The summed E-state index contributed by atoms with van der Waals surface area (Å²) in [5.41, 5.74) is 6.27. The number of hydrogen-bond donors (Lipinski definition) is 2. The molecule has 0 spiro atoms. The van der Waals surface area contributed by atoms with Crippen LogP contribution in [0.25, 0.3) is 0 Å². The maximum atomic E-state index is 12.0. The fraction of sp³-hybridized carbons (Fsp3) is 0.214. The molecule has 6 nitrogen and oxygen atoms in total. The van der Waals surface area contributed by atoms with Gasteiger partial charge in [-0.1, -0.05) is 0 Å². The normalized spacial score (nSPS) is 10.2. The Morgan fingerprint density at radius 2 is 1.80 bits per heavy atom. The topological polar surface area (TPSA) is 84.2 Å². The summed E-state index contributed by atoms with van der Waals surface area (Å²) in [7, 11) is 0. The molecule has 2 aromatic rings. The zero-order valence-corrected chi connectivity index (χ0v) is 11.5. The van der Waals surface area contributed by atoms with Crippen molar-refractivity contribution in [1.29, 1.82) is 0 Å². The SMILES string of the molecule is Cc1oc(C)c(C(=O)NNC(=O)c2cccnc2)c1C. The summed E-state index contributed by atoms with van der Waals surface area (Å²) in [6.07, 6.45) is 2.98. The minimum absolute atomic E-state index is 0.365. The van der Waals surface area contributed by atoms with E-state index in [0.717, 1.165) is 5.56 Å². The molecule has 0 aliphatic heterocycles. The van der Waals surface area contributed by atoms with Gasteiger partial charge in [-0.3, -0.25) is 25.4 Å². The quantitative estimate of drug-likeness (QED) is 0.815. The highest BCUT2D eigenvalue weighted by Gasteiger charge is 2.19.